The Bertz CT molecular complexity index is 1070. The van der Waals surface area contributed by atoms with Crippen LogP contribution in [-0.2, 0) is 11.2 Å². The maximum absolute atomic E-state index is 11.2. The maximum Gasteiger partial charge on any atom is 0.243 e. The number of aromatic nitrogens is 2. The third-order valence-electron chi connectivity index (χ3n) is 5.11. The summed E-state index contributed by atoms with van der Waals surface area (Å²) < 4.78 is 11.3. The number of ether oxygens (including phenoxy) is 2. The molecule has 0 atom stereocenters. The topological polar surface area (TPSA) is 96.8 Å². The van der Waals surface area contributed by atoms with Gasteiger partial charge in [0.2, 0.25) is 5.91 Å². The van der Waals surface area contributed by atoms with Gasteiger partial charge in [-0.2, -0.15) is 0 Å². The van der Waals surface area contributed by atoms with Crippen LogP contribution in [0, 0.1) is 5.92 Å². The number of benzene rings is 2. The minimum Gasteiger partial charge on any atom is -0.493 e. The summed E-state index contributed by atoms with van der Waals surface area (Å²) in [5, 5.41) is 9.59. The highest BCUT2D eigenvalue weighted by molar-refractivity contribution is 5.91. The van der Waals surface area contributed by atoms with E-state index in [4.69, 9.17) is 14.7 Å². The van der Waals surface area contributed by atoms with Gasteiger partial charge in [-0.1, -0.05) is 19.9 Å². The maximum atomic E-state index is 11.2. The van der Waals surface area contributed by atoms with Gasteiger partial charge < -0.3 is 14.4 Å². The van der Waals surface area contributed by atoms with Crippen LogP contribution in [0.4, 0.5) is 11.5 Å². The SMILES string of the molecule is COc1ccc(N(C)c2ncnc3ccc(CC(C)C)cc23)cc1OCCCC(=O)NO. The molecule has 0 saturated carbocycles. The Morgan fingerprint density at radius 1 is 1.16 bits per heavy atom. The molecule has 2 N–H and O–H groups in total. The van der Waals surface area contributed by atoms with Crippen LogP contribution < -0.4 is 19.9 Å². The van der Waals surface area contributed by atoms with Crippen LogP contribution in [0.2, 0.25) is 0 Å². The van der Waals surface area contributed by atoms with Crippen LogP contribution in [-0.4, -0.2) is 41.8 Å². The molecule has 8 nitrogen and oxygen atoms in total. The Morgan fingerprint density at radius 3 is 2.69 bits per heavy atom. The monoisotopic (exact) mass is 438 g/mol. The lowest BCUT2D eigenvalue weighted by Crippen LogP contribution is -2.18. The van der Waals surface area contributed by atoms with E-state index in [1.807, 2.05) is 36.2 Å². The van der Waals surface area contributed by atoms with Crippen molar-refractivity contribution in [3.05, 3.63) is 48.3 Å². The molecule has 1 aromatic heterocycles. The van der Waals surface area contributed by atoms with Crippen molar-refractivity contribution in [3.63, 3.8) is 0 Å². The summed E-state index contributed by atoms with van der Waals surface area (Å²) >= 11 is 0. The van der Waals surface area contributed by atoms with E-state index >= 15 is 0 Å². The van der Waals surface area contributed by atoms with Crippen molar-refractivity contribution in [1.82, 2.24) is 15.4 Å². The lowest BCUT2D eigenvalue weighted by atomic mass is 10.0. The fourth-order valence-electron chi connectivity index (χ4n) is 3.54. The Morgan fingerprint density at radius 2 is 1.97 bits per heavy atom. The molecule has 0 saturated heterocycles. The first kappa shape index (κ1) is 23.3. The molecule has 0 spiro atoms. The molecule has 0 unspecified atom stereocenters. The normalized spacial score (nSPS) is 10.9. The molecular weight excluding hydrogens is 408 g/mol. The lowest BCUT2D eigenvalue weighted by Gasteiger charge is -2.22. The number of methoxy groups -OCH3 is 1. The van der Waals surface area contributed by atoms with Gasteiger partial charge in [0, 0.05) is 30.6 Å². The molecule has 32 heavy (non-hydrogen) atoms. The Kier molecular flexibility index (Phi) is 7.83. The van der Waals surface area contributed by atoms with Gasteiger partial charge in [0.05, 0.1) is 19.2 Å². The van der Waals surface area contributed by atoms with E-state index in [9.17, 15) is 4.79 Å². The third-order valence-corrected chi connectivity index (χ3v) is 5.11. The van der Waals surface area contributed by atoms with Gasteiger partial charge in [0.1, 0.15) is 12.1 Å². The van der Waals surface area contributed by atoms with Crippen LogP contribution in [0.5, 0.6) is 11.5 Å². The van der Waals surface area contributed by atoms with E-state index in [1.54, 1.807) is 18.9 Å². The average molecular weight is 439 g/mol. The Balaban J connectivity index is 1.87. The molecule has 0 bridgehead atoms. The number of fused-ring (bicyclic) bond motifs is 1. The number of hydroxylamine groups is 1. The molecule has 0 aliphatic rings. The summed E-state index contributed by atoms with van der Waals surface area (Å²) in [5.41, 5.74) is 4.64. The summed E-state index contributed by atoms with van der Waals surface area (Å²) in [6, 6.07) is 12.0. The minimum absolute atomic E-state index is 0.171. The zero-order valence-corrected chi connectivity index (χ0v) is 19.0. The number of nitrogens with one attached hydrogen (secondary N) is 1. The Labute approximate surface area is 188 Å². The summed E-state index contributed by atoms with van der Waals surface area (Å²) in [5.74, 6) is 2.08. The number of hydrogen-bond acceptors (Lipinski definition) is 7. The zero-order chi connectivity index (χ0) is 23.1. The quantitative estimate of drug-likeness (QED) is 0.277. The van der Waals surface area contributed by atoms with Gasteiger partial charge in [-0.25, -0.2) is 15.4 Å². The highest BCUT2D eigenvalue weighted by atomic mass is 16.5. The van der Waals surface area contributed by atoms with E-state index in [-0.39, 0.29) is 6.42 Å². The molecule has 1 amide bonds. The van der Waals surface area contributed by atoms with Crippen molar-refractivity contribution in [2.75, 3.05) is 25.7 Å². The van der Waals surface area contributed by atoms with Crippen molar-refractivity contribution in [1.29, 1.82) is 0 Å². The predicted molar refractivity (Wildman–Crippen MR) is 124 cm³/mol. The summed E-state index contributed by atoms with van der Waals surface area (Å²) in [7, 11) is 3.53. The number of hydrogen-bond donors (Lipinski definition) is 2. The second kappa shape index (κ2) is 10.8. The highest BCUT2D eigenvalue weighted by Crippen LogP contribution is 2.35. The lowest BCUT2D eigenvalue weighted by molar-refractivity contribution is -0.129. The van der Waals surface area contributed by atoms with E-state index in [0.29, 0.717) is 30.4 Å². The van der Waals surface area contributed by atoms with E-state index in [2.05, 4.69) is 35.9 Å². The first-order valence-corrected chi connectivity index (χ1v) is 10.6. The highest BCUT2D eigenvalue weighted by Gasteiger charge is 2.15. The standard InChI is InChI=1S/C24H30N4O4/c1-16(2)12-17-7-9-20-19(13-17)24(26-15-25-20)28(3)18-8-10-21(31-4)22(14-18)32-11-5-6-23(29)27-30/h7-10,13-16,30H,5-6,11-12H2,1-4H3,(H,27,29). The summed E-state index contributed by atoms with van der Waals surface area (Å²) in [6.45, 7) is 4.72. The first-order valence-electron chi connectivity index (χ1n) is 10.6. The van der Waals surface area contributed by atoms with Crippen molar-refractivity contribution < 1.29 is 19.5 Å². The van der Waals surface area contributed by atoms with Crippen LogP contribution in [0.3, 0.4) is 0 Å². The van der Waals surface area contributed by atoms with Crippen molar-refractivity contribution >= 4 is 28.3 Å². The molecule has 3 aromatic rings. The second-order valence-electron chi connectivity index (χ2n) is 8.03. The minimum atomic E-state index is -0.443. The average Bonchev–Trinajstić information content (AvgIpc) is 2.80. The van der Waals surface area contributed by atoms with Crippen molar-refractivity contribution in [3.8, 4) is 11.5 Å². The van der Waals surface area contributed by atoms with E-state index in [0.717, 1.165) is 28.8 Å². The van der Waals surface area contributed by atoms with Crippen LogP contribution in [0.25, 0.3) is 10.9 Å². The number of rotatable bonds is 10. The fourth-order valence-corrected chi connectivity index (χ4v) is 3.54. The number of nitrogens with zero attached hydrogens (tertiary/aromatic N) is 3. The number of anilines is 2. The number of amides is 1. The van der Waals surface area contributed by atoms with Gasteiger partial charge >= 0.3 is 0 Å². The molecule has 0 radical (unpaired) electrons. The van der Waals surface area contributed by atoms with Gasteiger partial charge in [-0.15, -0.1) is 0 Å². The molecule has 170 valence electrons. The molecule has 0 fully saturated rings. The third kappa shape index (κ3) is 5.64. The molecular formula is C24H30N4O4. The zero-order valence-electron chi connectivity index (χ0n) is 19.0. The van der Waals surface area contributed by atoms with Crippen LogP contribution in [0.1, 0.15) is 32.3 Å². The predicted octanol–water partition coefficient (Wildman–Crippen LogP) is 4.27. The van der Waals surface area contributed by atoms with E-state index in [1.165, 1.54) is 5.56 Å². The molecule has 0 aliphatic heterocycles. The van der Waals surface area contributed by atoms with Gasteiger partial charge in [0.15, 0.2) is 11.5 Å². The number of carbonyl (C=O) groups excluding carboxylic acids is 1. The molecule has 1 heterocycles. The molecule has 3 rings (SSSR count). The second-order valence-corrected chi connectivity index (χ2v) is 8.03. The molecule has 2 aromatic carbocycles. The van der Waals surface area contributed by atoms with Gasteiger partial charge in [0.25, 0.3) is 0 Å². The first-order chi connectivity index (χ1) is 15.4. The largest absolute Gasteiger partial charge is 0.493 e. The van der Waals surface area contributed by atoms with Crippen molar-refractivity contribution in [2.45, 2.75) is 33.1 Å². The van der Waals surface area contributed by atoms with Crippen LogP contribution >= 0.6 is 0 Å². The summed E-state index contributed by atoms with van der Waals surface area (Å²) in [6.07, 6.45) is 3.20. The van der Waals surface area contributed by atoms with Gasteiger partial charge in [-0.05, 0) is 48.6 Å². The Hall–Kier alpha value is -3.39. The summed E-state index contributed by atoms with van der Waals surface area (Å²) in [4.78, 5) is 22.1. The fraction of sp³-hybridized carbons (Fsp3) is 0.375. The smallest absolute Gasteiger partial charge is 0.243 e. The molecule has 8 heteroatoms. The molecule has 0 aliphatic carbocycles. The van der Waals surface area contributed by atoms with Crippen LogP contribution in [0.15, 0.2) is 42.7 Å². The number of carbonyl (C=O) groups is 1. The van der Waals surface area contributed by atoms with E-state index < -0.39 is 5.91 Å². The van der Waals surface area contributed by atoms with Gasteiger partial charge in [-0.3, -0.25) is 10.0 Å². The van der Waals surface area contributed by atoms with Crippen molar-refractivity contribution in [2.24, 2.45) is 5.92 Å².